The number of benzene rings is 1. The highest BCUT2D eigenvalue weighted by Gasteiger charge is 2.21. The van der Waals surface area contributed by atoms with E-state index in [0.29, 0.717) is 31.0 Å². The molecule has 0 amide bonds. The number of nitrogens with one attached hydrogen (secondary N) is 1. The largest absolute Gasteiger partial charge is 0.390 e. The van der Waals surface area contributed by atoms with Gasteiger partial charge in [0.25, 0.3) is 0 Å². The zero-order chi connectivity index (χ0) is 13.8. The van der Waals surface area contributed by atoms with Crippen molar-refractivity contribution in [2.45, 2.75) is 45.3 Å². The van der Waals surface area contributed by atoms with Crippen LogP contribution in [0.2, 0.25) is 0 Å². The second-order valence-corrected chi connectivity index (χ2v) is 5.28. The Hall–Kier alpha value is -1.00. The monoisotopic (exact) mass is 257 g/mol. The maximum atomic E-state index is 13.0. The zero-order valence-corrected chi connectivity index (χ0v) is 11.1. The molecule has 0 aromatic heterocycles. The van der Waals surface area contributed by atoms with Crippen LogP contribution in [0.4, 0.5) is 8.78 Å². The highest BCUT2D eigenvalue weighted by atomic mass is 19.2. The molecule has 0 radical (unpaired) electrons. The van der Waals surface area contributed by atoms with E-state index in [1.165, 1.54) is 6.07 Å². The van der Waals surface area contributed by atoms with Crippen LogP contribution in [0.1, 0.15) is 32.8 Å². The summed E-state index contributed by atoms with van der Waals surface area (Å²) >= 11 is 0. The van der Waals surface area contributed by atoms with E-state index >= 15 is 0 Å². The van der Waals surface area contributed by atoms with Crippen molar-refractivity contribution in [3.05, 3.63) is 35.4 Å². The Balaban J connectivity index is 2.55. The van der Waals surface area contributed by atoms with Gasteiger partial charge in [-0.05, 0) is 37.6 Å². The van der Waals surface area contributed by atoms with E-state index < -0.39 is 17.2 Å². The van der Waals surface area contributed by atoms with Gasteiger partial charge in [0.2, 0.25) is 0 Å². The predicted molar refractivity (Wildman–Crippen MR) is 68.4 cm³/mol. The van der Waals surface area contributed by atoms with Crippen molar-refractivity contribution in [2.24, 2.45) is 0 Å². The molecule has 1 aromatic rings. The van der Waals surface area contributed by atoms with Crippen molar-refractivity contribution < 1.29 is 13.9 Å². The molecule has 0 fully saturated rings. The number of hydrogen-bond acceptors (Lipinski definition) is 2. The van der Waals surface area contributed by atoms with Gasteiger partial charge in [0.15, 0.2) is 11.6 Å². The van der Waals surface area contributed by atoms with E-state index in [1.54, 1.807) is 6.92 Å². The Morgan fingerprint density at radius 1 is 1.28 bits per heavy atom. The average Bonchev–Trinajstić information content (AvgIpc) is 2.22. The summed E-state index contributed by atoms with van der Waals surface area (Å²) in [6.07, 6.45) is 0.869. The van der Waals surface area contributed by atoms with Gasteiger partial charge in [-0.3, -0.25) is 0 Å². The summed E-state index contributed by atoms with van der Waals surface area (Å²) in [7, 11) is 0. The summed E-state index contributed by atoms with van der Waals surface area (Å²) in [6.45, 7) is 6.46. The molecule has 102 valence electrons. The molecule has 0 spiro atoms. The molecule has 0 bridgehead atoms. The van der Waals surface area contributed by atoms with Gasteiger partial charge in [0.1, 0.15) is 0 Å². The van der Waals surface area contributed by atoms with Crippen LogP contribution in [0.3, 0.4) is 0 Å². The topological polar surface area (TPSA) is 32.3 Å². The fourth-order valence-corrected chi connectivity index (χ4v) is 1.81. The minimum Gasteiger partial charge on any atom is -0.390 e. The molecule has 4 heteroatoms. The standard InChI is InChI=1S/C14H21F2NO/c1-10(2)17-7-6-14(3,18)9-11-4-5-12(15)13(16)8-11/h4-5,8,10,17-18H,6-7,9H2,1-3H3. The predicted octanol–water partition coefficient (Wildman–Crippen LogP) is 2.65. The normalized spacial score (nSPS) is 14.8. The lowest BCUT2D eigenvalue weighted by molar-refractivity contribution is 0.0510. The molecule has 0 heterocycles. The van der Waals surface area contributed by atoms with Crippen molar-refractivity contribution in [3.63, 3.8) is 0 Å². The van der Waals surface area contributed by atoms with Gasteiger partial charge in [-0.1, -0.05) is 19.9 Å². The lowest BCUT2D eigenvalue weighted by atomic mass is 9.93. The Morgan fingerprint density at radius 2 is 1.94 bits per heavy atom. The van der Waals surface area contributed by atoms with Crippen LogP contribution < -0.4 is 5.32 Å². The van der Waals surface area contributed by atoms with Gasteiger partial charge in [-0.15, -0.1) is 0 Å². The molecule has 2 N–H and O–H groups in total. The van der Waals surface area contributed by atoms with E-state index in [4.69, 9.17) is 0 Å². The lowest BCUT2D eigenvalue weighted by Crippen LogP contribution is -2.34. The molecule has 0 saturated carbocycles. The fourth-order valence-electron chi connectivity index (χ4n) is 1.81. The number of rotatable bonds is 6. The minimum atomic E-state index is -0.924. The van der Waals surface area contributed by atoms with Crippen LogP contribution in [0.25, 0.3) is 0 Å². The van der Waals surface area contributed by atoms with E-state index in [0.717, 1.165) is 12.1 Å². The lowest BCUT2D eigenvalue weighted by Gasteiger charge is -2.24. The second kappa shape index (κ2) is 6.25. The summed E-state index contributed by atoms with van der Waals surface area (Å²) in [5.41, 5.74) is -0.324. The molecule has 18 heavy (non-hydrogen) atoms. The molecule has 0 aliphatic rings. The zero-order valence-electron chi connectivity index (χ0n) is 11.1. The van der Waals surface area contributed by atoms with E-state index in [2.05, 4.69) is 5.32 Å². The van der Waals surface area contributed by atoms with Gasteiger partial charge >= 0.3 is 0 Å². The Kier molecular flexibility index (Phi) is 5.23. The van der Waals surface area contributed by atoms with Crippen molar-refractivity contribution in [2.75, 3.05) is 6.54 Å². The summed E-state index contributed by atoms with van der Waals surface area (Å²) in [6, 6.07) is 4.10. The van der Waals surface area contributed by atoms with Gasteiger partial charge in [-0.2, -0.15) is 0 Å². The molecular formula is C14H21F2NO. The molecule has 0 saturated heterocycles. The highest BCUT2D eigenvalue weighted by molar-refractivity contribution is 5.19. The molecule has 1 atom stereocenters. The number of hydrogen-bond donors (Lipinski definition) is 2. The third-order valence-corrected chi connectivity index (χ3v) is 2.79. The second-order valence-electron chi connectivity index (χ2n) is 5.28. The van der Waals surface area contributed by atoms with Gasteiger partial charge in [0.05, 0.1) is 5.60 Å². The first kappa shape index (κ1) is 15.1. The van der Waals surface area contributed by atoms with Gasteiger partial charge in [0, 0.05) is 12.5 Å². The highest BCUT2D eigenvalue weighted by Crippen LogP contribution is 2.18. The van der Waals surface area contributed by atoms with Crippen LogP contribution in [-0.2, 0) is 6.42 Å². The molecule has 1 rings (SSSR count). The summed E-state index contributed by atoms with van der Waals surface area (Å²) in [5, 5.41) is 13.4. The quantitative estimate of drug-likeness (QED) is 0.821. The van der Waals surface area contributed by atoms with Crippen molar-refractivity contribution in [1.82, 2.24) is 5.32 Å². The third-order valence-electron chi connectivity index (χ3n) is 2.79. The van der Waals surface area contributed by atoms with E-state index in [1.807, 2.05) is 13.8 Å². The molecule has 0 aliphatic carbocycles. The Morgan fingerprint density at radius 3 is 2.50 bits per heavy atom. The number of aliphatic hydroxyl groups is 1. The first-order valence-corrected chi connectivity index (χ1v) is 6.20. The first-order chi connectivity index (χ1) is 8.30. The smallest absolute Gasteiger partial charge is 0.159 e. The van der Waals surface area contributed by atoms with E-state index in [-0.39, 0.29) is 0 Å². The van der Waals surface area contributed by atoms with Crippen molar-refractivity contribution >= 4 is 0 Å². The average molecular weight is 257 g/mol. The van der Waals surface area contributed by atoms with E-state index in [9.17, 15) is 13.9 Å². The van der Waals surface area contributed by atoms with Gasteiger partial charge < -0.3 is 10.4 Å². The minimum absolute atomic E-state index is 0.309. The van der Waals surface area contributed by atoms with Crippen molar-refractivity contribution in [1.29, 1.82) is 0 Å². The van der Waals surface area contributed by atoms with Crippen molar-refractivity contribution in [3.8, 4) is 0 Å². The fraction of sp³-hybridized carbons (Fsp3) is 0.571. The van der Waals surface area contributed by atoms with Crippen LogP contribution >= 0.6 is 0 Å². The van der Waals surface area contributed by atoms with Gasteiger partial charge in [-0.25, -0.2) is 8.78 Å². The SMILES string of the molecule is CC(C)NCCC(C)(O)Cc1ccc(F)c(F)c1. The maximum absolute atomic E-state index is 13.0. The maximum Gasteiger partial charge on any atom is 0.159 e. The molecular weight excluding hydrogens is 236 g/mol. The van der Waals surface area contributed by atoms with Crippen LogP contribution in [0.5, 0.6) is 0 Å². The summed E-state index contributed by atoms with van der Waals surface area (Å²) < 4.78 is 25.8. The summed E-state index contributed by atoms with van der Waals surface area (Å²) in [4.78, 5) is 0. The third kappa shape index (κ3) is 5.10. The first-order valence-electron chi connectivity index (χ1n) is 6.20. The Labute approximate surface area is 107 Å². The summed E-state index contributed by atoms with van der Waals surface area (Å²) in [5.74, 6) is -1.73. The number of halogens is 2. The molecule has 2 nitrogen and oxygen atoms in total. The Bertz CT molecular complexity index is 391. The van der Waals surface area contributed by atoms with Crippen LogP contribution in [-0.4, -0.2) is 23.3 Å². The van der Waals surface area contributed by atoms with Crippen LogP contribution in [0, 0.1) is 11.6 Å². The molecule has 1 unspecified atom stereocenters. The van der Waals surface area contributed by atoms with Crippen LogP contribution in [0.15, 0.2) is 18.2 Å². The molecule has 0 aliphatic heterocycles. The molecule has 1 aromatic carbocycles.